The monoisotopic (exact) mass is 491 g/mol. The van der Waals surface area contributed by atoms with E-state index in [1.807, 2.05) is 36.1 Å². The molecule has 1 aliphatic rings. The normalized spacial score (nSPS) is 13.6. The molecular formula is C27H29N3O4S. The maximum Gasteiger partial charge on any atom is 0.264 e. The fourth-order valence-corrected chi connectivity index (χ4v) is 5.51. The summed E-state index contributed by atoms with van der Waals surface area (Å²) in [6, 6.07) is 22.8. The largest absolute Gasteiger partial charge is 0.350 e. The molecule has 35 heavy (non-hydrogen) atoms. The molecule has 1 fully saturated rings. The summed E-state index contributed by atoms with van der Waals surface area (Å²) in [5.74, 6) is -0.278. The van der Waals surface area contributed by atoms with Crippen LogP contribution in [0.4, 0.5) is 5.69 Å². The lowest BCUT2D eigenvalue weighted by molar-refractivity contribution is -0.128. The third-order valence-corrected chi connectivity index (χ3v) is 7.86. The van der Waals surface area contributed by atoms with E-state index in [1.54, 1.807) is 54.6 Å². The molecular weight excluding hydrogens is 462 g/mol. The number of sulfonamides is 1. The Balaban J connectivity index is 1.50. The van der Waals surface area contributed by atoms with Crippen molar-refractivity contribution in [2.24, 2.45) is 0 Å². The molecule has 0 aliphatic carbocycles. The van der Waals surface area contributed by atoms with Crippen LogP contribution in [-0.2, 0) is 32.7 Å². The molecule has 0 aromatic heterocycles. The first-order chi connectivity index (χ1) is 16.8. The number of nitrogens with one attached hydrogen (secondary N) is 1. The highest BCUT2D eigenvalue weighted by molar-refractivity contribution is 7.92. The Kier molecular flexibility index (Phi) is 7.51. The first kappa shape index (κ1) is 24.5. The number of aryl methyl sites for hydroxylation is 1. The molecule has 0 spiro atoms. The van der Waals surface area contributed by atoms with Crippen LogP contribution < -0.4 is 9.62 Å². The maximum absolute atomic E-state index is 13.4. The van der Waals surface area contributed by atoms with Crippen molar-refractivity contribution in [2.75, 3.05) is 17.4 Å². The molecule has 7 nitrogen and oxygen atoms in total. The Labute approximate surface area is 206 Å². The number of para-hydroxylation sites is 1. The van der Waals surface area contributed by atoms with Crippen LogP contribution in [0.15, 0.2) is 83.8 Å². The van der Waals surface area contributed by atoms with Crippen molar-refractivity contribution in [3.05, 3.63) is 95.6 Å². The van der Waals surface area contributed by atoms with Gasteiger partial charge in [0, 0.05) is 26.1 Å². The molecule has 1 saturated heterocycles. The second-order valence-electron chi connectivity index (χ2n) is 8.62. The van der Waals surface area contributed by atoms with Gasteiger partial charge in [0.15, 0.2) is 0 Å². The van der Waals surface area contributed by atoms with Crippen molar-refractivity contribution in [1.82, 2.24) is 10.2 Å². The minimum Gasteiger partial charge on any atom is -0.350 e. The van der Waals surface area contributed by atoms with E-state index in [9.17, 15) is 18.0 Å². The first-order valence-corrected chi connectivity index (χ1v) is 13.0. The molecule has 4 rings (SSSR count). The quantitative estimate of drug-likeness (QED) is 0.495. The molecule has 1 N–H and O–H groups in total. The van der Waals surface area contributed by atoms with Gasteiger partial charge >= 0.3 is 0 Å². The van der Waals surface area contributed by atoms with Crippen LogP contribution in [0.25, 0.3) is 0 Å². The lowest BCUT2D eigenvalue weighted by atomic mass is 10.1. The van der Waals surface area contributed by atoms with Gasteiger partial charge in [-0.1, -0.05) is 60.2 Å². The van der Waals surface area contributed by atoms with E-state index >= 15 is 0 Å². The van der Waals surface area contributed by atoms with E-state index < -0.39 is 15.9 Å². The van der Waals surface area contributed by atoms with Crippen LogP contribution in [0.5, 0.6) is 0 Å². The highest BCUT2D eigenvalue weighted by Gasteiger charge is 2.27. The lowest BCUT2D eigenvalue weighted by Crippen LogP contribution is -2.40. The summed E-state index contributed by atoms with van der Waals surface area (Å²) >= 11 is 0. The molecule has 3 aromatic rings. The zero-order valence-electron chi connectivity index (χ0n) is 19.7. The molecule has 8 heteroatoms. The molecule has 0 saturated carbocycles. The number of carbonyl (C=O) groups is 2. The summed E-state index contributed by atoms with van der Waals surface area (Å²) in [6.45, 7) is 3.01. The van der Waals surface area contributed by atoms with Gasteiger partial charge in [0.2, 0.25) is 11.8 Å². The van der Waals surface area contributed by atoms with Crippen LogP contribution in [0, 0.1) is 6.92 Å². The highest BCUT2D eigenvalue weighted by atomic mass is 32.2. The highest BCUT2D eigenvalue weighted by Crippen LogP contribution is 2.24. The minimum absolute atomic E-state index is 0.125. The second-order valence-corrected chi connectivity index (χ2v) is 10.5. The number of anilines is 1. The van der Waals surface area contributed by atoms with Crippen molar-refractivity contribution in [2.45, 2.75) is 37.8 Å². The SMILES string of the molecule is Cc1ccc(S(=O)(=O)N(CC(=O)NCc2ccccc2CN2CCCC2=O)c2ccccc2)cc1. The number of likely N-dealkylation sites (tertiary alicyclic amines) is 1. The van der Waals surface area contributed by atoms with E-state index in [0.717, 1.165) is 34.0 Å². The molecule has 2 amide bonds. The minimum atomic E-state index is -3.95. The maximum atomic E-state index is 13.4. The average molecular weight is 492 g/mol. The summed E-state index contributed by atoms with van der Waals surface area (Å²) in [6.07, 6.45) is 1.44. The van der Waals surface area contributed by atoms with Crippen LogP contribution in [-0.4, -0.2) is 38.2 Å². The van der Waals surface area contributed by atoms with Gasteiger partial charge in [-0.2, -0.15) is 0 Å². The van der Waals surface area contributed by atoms with E-state index in [0.29, 0.717) is 18.7 Å². The molecule has 0 bridgehead atoms. The Bertz CT molecular complexity index is 1290. The van der Waals surface area contributed by atoms with Crippen molar-refractivity contribution < 1.29 is 18.0 Å². The second kappa shape index (κ2) is 10.7. The van der Waals surface area contributed by atoms with E-state index in [2.05, 4.69) is 5.32 Å². The van der Waals surface area contributed by atoms with Gasteiger partial charge in [-0.05, 0) is 48.7 Å². The van der Waals surface area contributed by atoms with Gasteiger partial charge in [-0.3, -0.25) is 13.9 Å². The zero-order valence-corrected chi connectivity index (χ0v) is 20.5. The number of nitrogens with zero attached hydrogens (tertiary/aromatic N) is 2. The third-order valence-electron chi connectivity index (χ3n) is 6.07. The van der Waals surface area contributed by atoms with Gasteiger partial charge < -0.3 is 10.2 Å². The Morgan fingerprint density at radius 1 is 0.943 bits per heavy atom. The van der Waals surface area contributed by atoms with Gasteiger partial charge in [-0.15, -0.1) is 0 Å². The number of hydrogen-bond donors (Lipinski definition) is 1. The molecule has 182 valence electrons. The molecule has 1 heterocycles. The van der Waals surface area contributed by atoms with Crippen LogP contribution in [0.2, 0.25) is 0 Å². The van der Waals surface area contributed by atoms with E-state index in [-0.39, 0.29) is 23.9 Å². The van der Waals surface area contributed by atoms with Gasteiger partial charge in [0.25, 0.3) is 10.0 Å². The number of rotatable bonds is 9. The van der Waals surface area contributed by atoms with Gasteiger partial charge in [-0.25, -0.2) is 8.42 Å². The summed E-state index contributed by atoms with van der Waals surface area (Å²) in [5, 5.41) is 2.86. The summed E-state index contributed by atoms with van der Waals surface area (Å²) in [7, 11) is -3.95. The topological polar surface area (TPSA) is 86.8 Å². The summed E-state index contributed by atoms with van der Waals surface area (Å²) < 4.78 is 28.0. The molecule has 0 radical (unpaired) electrons. The number of hydrogen-bond acceptors (Lipinski definition) is 4. The average Bonchev–Trinajstić information content (AvgIpc) is 3.27. The summed E-state index contributed by atoms with van der Waals surface area (Å²) in [4.78, 5) is 26.9. The van der Waals surface area contributed by atoms with Gasteiger partial charge in [0.05, 0.1) is 10.6 Å². The van der Waals surface area contributed by atoms with Gasteiger partial charge in [0.1, 0.15) is 6.54 Å². The lowest BCUT2D eigenvalue weighted by Gasteiger charge is -2.24. The smallest absolute Gasteiger partial charge is 0.264 e. The van der Waals surface area contributed by atoms with Crippen LogP contribution in [0.1, 0.15) is 29.5 Å². The molecule has 3 aromatic carbocycles. The predicted molar refractivity (Wildman–Crippen MR) is 135 cm³/mol. The standard InChI is InChI=1S/C27H29N3O4S/c1-21-13-15-25(16-14-21)35(33,34)30(24-10-3-2-4-11-24)20-26(31)28-18-22-8-5-6-9-23(22)19-29-17-7-12-27(29)32/h2-6,8-11,13-16H,7,12,17-20H2,1H3,(H,28,31). The number of benzene rings is 3. The predicted octanol–water partition coefficient (Wildman–Crippen LogP) is 3.63. The molecule has 0 unspecified atom stereocenters. The zero-order chi connectivity index (χ0) is 24.8. The Morgan fingerprint density at radius 2 is 1.60 bits per heavy atom. The van der Waals surface area contributed by atoms with Crippen molar-refractivity contribution in [3.63, 3.8) is 0 Å². The number of carbonyl (C=O) groups excluding carboxylic acids is 2. The number of amides is 2. The van der Waals surface area contributed by atoms with Crippen molar-refractivity contribution in [1.29, 1.82) is 0 Å². The van der Waals surface area contributed by atoms with Crippen LogP contribution in [0.3, 0.4) is 0 Å². The van der Waals surface area contributed by atoms with E-state index in [4.69, 9.17) is 0 Å². The third kappa shape index (κ3) is 5.89. The van der Waals surface area contributed by atoms with Crippen molar-refractivity contribution in [3.8, 4) is 0 Å². The molecule has 0 atom stereocenters. The molecule has 1 aliphatic heterocycles. The fourth-order valence-electron chi connectivity index (χ4n) is 4.09. The Hall–Kier alpha value is -3.65. The van der Waals surface area contributed by atoms with E-state index in [1.165, 1.54) is 0 Å². The first-order valence-electron chi connectivity index (χ1n) is 11.6. The fraction of sp³-hybridized carbons (Fsp3) is 0.259. The summed E-state index contributed by atoms with van der Waals surface area (Å²) in [5.41, 5.74) is 3.22. The van der Waals surface area contributed by atoms with Crippen LogP contribution >= 0.6 is 0 Å². The van der Waals surface area contributed by atoms with Crippen molar-refractivity contribution >= 4 is 27.5 Å². The Morgan fingerprint density at radius 3 is 2.26 bits per heavy atom.